The Hall–Kier alpha value is -1.93. The van der Waals surface area contributed by atoms with Crippen LogP contribution in [0.5, 0.6) is 0 Å². The number of nitrogens with zero attached hydrogens (tertiary/aromatic N) is 1. The normalized spacial score (nSPS) is 27.0. The molecule has 0 unspecified atom stereocenters. The first-order chi connectivity index (χ1) is 14.4. The molecule has 2 saturated carbocycles. The zero-order valence-corrected chi connectivity index (χ0v) is 18.1. The SMILES string of the molecule is O=C(CNS(=O)(=O)c1ccc(N2CCCC2=O)cc1)N[C@@H]1CC[C@@H]2CCCC[C@@H]2C1. The van der Waals surface area contributed by atoms with E-state index >= 15 is 0 Å². The van der Waals surface area contributed by atoms with Crippen molar-refractivity contribution in [2.75, 3.05) is 18.0 Å². The molecule has 164 valence electrons. The van der Waals surface area contributed by atoms with Crippen molar-refractivity contribution < 1.29 is 18.0 Å². The maximum absolute atomic E-state index is 12.5. The minimum absolute atomic E-state index is 0.0580. The highest BCUT2D eigenvalue weighted by Crippen LogP contribution is 2.40. The average Bonchev–Trinajstić information content (AvgIpc) is 3.18. The van der Waals surface area contributed by atoms with Crippen LogP contribution in [-0.2, 0) is 19.6 Å². The summed E-state index contributed by atoms with van der Waals surface area (Å²) in [7, 11) is -3.78. The topological polar surface area (TPSA) is 95.6 Å². The number of hydrogen-bond acceptors (Lipinski definition) is 4. The Bertz CT molecular complexity index is 884. The maximum atomic E-state index is 12.5. The molecule has 7 nitrogen and oxygen atoms in total. The van der Waals surface area contributed by atoms with Crippen LogP contribution in [0, 0.1) is 11.8 Å². The number of rotatable bonds is 6. The molecule has 1 aromatic rings. The van der Waals surface area contributed by atoms with Gasteiger partial charge in [-0.3, -0.25) is 9.59 Å². The molecule has 2 amide bonds. The highest BCUT2D eigenvalue weighted by Gasteiger charge is 2.32. The zero-order valence-electron chi connectivity index (χ0n) is 17.3. The second-order valence-corrected chi connectivity index (χ2v) is 10.6. The number of hydrogen-bond donors (Lipinski definition) is 2. The van der Waals surface area contributed by atoms with Gasteiger partial charge in [0, 0.05) is 24.7 Å². The van der Waals surface area contributed by atoms with E-state index in [-0.39, 0.29) is 29.3 Å². The first-order valence-electron chi connectivity index (χ1n) is 11.1. The van der Waals surface area contributed by atoms with Crippen molar-refractivity contribution in [3.63, 3.8) is 0 Å². The molecular formula is C22H31N3O4S. The lowest BCUT2D eigenvalue weighted by atomic mass is 9.69. The number of fused-ring (bicyclic) bond motifs is 1. The molecule has 1 saturated heterocycles. The van der Waals surface area contributed by atoms with Gasteiger partial charge in [-0.25, -0.2) is 13.1 Å². The van der Waals surface area contributed by atoms with E-state index in [1.165, 1.54) is 37.8 Å². The lowest BCUT2D eigenvalue weighted by molar-refractivity contribution is -0.121. The largest absolute Gasteiger partial charge is 0.352 e. The van der Waals surface area contributed by atoms with E-state index in [2.05, 4.69) is 10.0 Å². The molecule has 1 heterocycles. The van der Waals surface area contributed by atoms with E-state index in [4.69, 9.17) is 0 Å². The molecule has 1 aromatic carbocycles. The fourth-order valence-corrected chi connectivity index (χ4v) is 6.24. The van der Waals surface area contributed by atoms with Crippen LogP contribution in [0.15, 0.2) is 29.2 Å². The molecule has 1 aliphatic heterocycles. The average molecular weight is 434 g/mol. The Morgan fingerprint density at radius 3 is 2.43 bits per heavy atom. The lowest BCUT2D eigenvalue weighted by Crippen LogP contribution is -2.45. The first kappa shape index (κ1) is 21.3. The van der Waals surface area contributed by atoms with Gasteiger partial charge < -0.3 is 10.2 Å². The molecule has 2 aliphatic carbocycles. The van der Waals surface area contributed by atoms with Crippen molar-refractivity contribution >= 4 is 27.5 Å². The van der Waals surface area contributed by atoms with E-state index in [1.54, 1.807) is 17.0 Å². The fraction of sp³-hybridized carbons (Fsp3) is 0.636. The van der Waals surface area contributed by atoms with E-state index < -0.39 is 10.0 Å². The summed E-state index contributed by atoms with van der Waals surface area (Å²) in [4.78, 5) is 25.9. The summed E-state index contributed by atoms with van der Waals surface area (Å²) >= 11 is 0. The predicted molar refractivity (Wildman–Crippen MR) is 114 cm³/mol. The van der Waals surface area contributed by atoms with Gasteiger partial charge in [-0.2, -0.15) is 0 Å². The van der Waals surface area contributed by atoms with Crippen molar-refractivity contribution in [3.8, 4) is 0 Å². The summed E-state index contributed by atoms with van der Waals surface area (Å²) < 4.78 is 27.5. The van der Waals surface area contributed by atoms with Crippen molar-refractivity contribution in [2.24, 2.45) is 11.8 Å². The Balaban J connectivity index is 1.28. The van der Waals surface area contributed by atoms with Crippen molar-refractivity contribution in [1.29, 1.82) is 0 Å². The Kier molecular flexibility index (Phi) is 6.43. The van der Waals surface area contributed by atoms with Crippen molar-refractivity contribution in [1.82, 2.24) is 10.0 Å². The summed E-state index contributed by atoms with van der Waals surface area (Å²) in [6, 6.07) is 6.39. The zero-order chi connectivity index (χ0) is 21.1. The third-order valence-corrected chi connectivity index (χ3v) is 8.28. The number of amides is 2. The molecule has 3 fully saturated rings. The molecule has 3 aliphatic rings. The van der Waals surface area contributed by atoms with Gasteiger partial charge in [0.2, 0.25) is 21.8 Å². The van der Waals surface area contributed by atoms with Crippen molar-refractivity contribution in [3.05, 3.63) is 24.3 Å². The Morgan fingerprint density at radius 2 is 1.73 bits per heavy atom. The first-order valence-corrected chi connectivity index (χ1v) is 12.6. The Labute approximate surface area is 178 Å². The van der Waals surface area contributed by atoms with Gasteiger partial charge in [0.15, 0.2) is 0 Å². The van der Waals surface area contributed by atoms with Gasteiger partial charge in [0.1, 0.15) is 0 Å². The summed E-state index contributed by atoms with van der Waals surface area (Å²) in [6.07, 6.45) is 9.68. The molecule has 4 rings (SSSR count). The predicted octanol–water partition coefficient (Wildman–Crippen LogP) is 2.57. The molecule has 30 heavy (non-hydrogen) atoms. The monoisotopic (exact) mass is 433 g/mol. The summed E-state index contributed by atoms with van der Waals surface area (Å²) in [5.74, 6) is 1.29. The minimum atomic E-state index is -3.78. The number of benzene rings is 1. The third-order valence-electron chi connectivity index (χ3n) is 6.86. The van der Waals surface area contributed by atoms with Crippen LogP contribution in [0.2, 0.25) is 0 Å². The van der Waals surface area contributed by atoms with Gasteiger partial charge in [0.25, 0.3) is 0 Å². The van der Waals surface area contributed by atoms with Gasteiger partial charge >= 0.3 is 0 Å². The van der Waals surface area contributed by atoms with Crippen LogP contribution in [-0.4, -0.2) is 39.4 Å². The van der Waals surface area contributed by atoms with E-state index in [0.29, 0.717) is 24.6 Å². The molecular weight excluding hydrogens is 402 g/mol. The van der Waals surface area contributed by atoms with E-state index in [9.17, 15) is 18.0 Å². The van der Waals surface area contributed by atoms with Crippen LogP contribution in [0.25, 0.3) is 0 Å². The van der Waals surface area contributed by atoms with Gasteiger partial charge in [-0.1, -0.05) is 25.7 Å². The van der Waals surface area contributed by atoms with E-state index in [1.807, 2.05) is 0 Å². The highest BCUT2D eigenvalue weighted by molar-refractivity contribution is 7.89. The minimum Gasteiger partial charge on any atom is -0.352 e. The molecule has 0 aromatic heterocycles. The van der Waals surface area contributed by atoms with Gasteiger partial charge in [0.05, 0.1) is 11.4 Å². The summed E-state index contributed by atoms with van der Waals surface area (Å²) in [5, 5.41) is 3.02. The van der Waals surface area contributed by atoms with E-state index in [0.717, 1.165) is 31.6 Å². The van der Waals surface area contributed by atoms with Crippen LogP contribution in [0.3, 0.4) is 0 Å². The smallest absolute Gasteiger partial charge is 0.241 e. The second kappa shape index (κ2) is 9.06. The standard InChI is InChI=1S/C22H31N3O4S/c26-21(24-18-8-7-16-4-1-2-5-17(16)14-18)15-23-30(28,29)20-11-9-19(10-12-20)25-13-3-6-22(25)27/h9-12,16-18,23H,1-8,13-15H2,(H,24,26)/t16-,17+,18+/m0/s1. The molecule has 2 N–H and O–H groups in total. The quantitative estimate of drug-likeness (QED) is 0.721. The van der Waals surface area contributed by atoms with Crippen molar-refractivity contribution in [2.45, 2.75) is 68.7 Å². The van der Waals surface area contributed by atoms with Gasteiger partial charge in [-0.15, -0.1) is 0 Å². The Morgan fingerprint density at radius 1 is 1.00 bits per heavy atom. The number of nitrogens with one attached hydrogen (secondary N) is 2. The molecule has 3 atom stereocenters. The third kappa shape index (κ3) is 4.86. The molecule has 0 spiro atoms. The second-order valence-electron chi connectivity index (χ2n) is 8.85. The lowest BCUT2D eigenvalue weighted by Gasteiger charge is -2.39. The highest BCUT2D eigenvalue weighted by atomic mass is 32.2. The van der Waals surface area contributed by atoms with Crippen LogP contribution < -0.4 is 14.9 Å². The molecule has 0 radical (unpaired) electrons. The number of sulfonamides is 1. The van der Waals surface area contributed by atoms with Crippen LogP contribution in [0.4, 0.5) is 5.69 Å². The number of carbonyl (C=O) groups excluding carboxylic acids is 2. The fourth-order valence-electron chi connectivity index (χ4n) is 5.25. The maximum Gasteiger partial charge on any atom is 0.241 e. The number of anilines is 1. The molecule has 8 heteroatoms. The summed E-state index contributed by atoms with van der Waals surface area (Å²) in [6.45, 7) is 0.394. The van der Waals surface area contributed by atoms with Crippen LogP contribution >= 0.6 is 0 Å². The van der Waals surface area contributed by atoms with Gasteiger partial charge in [-0.05, 0) is 61.8 Å². The number of carbonyl (C=O) groups is 2. The molecule has 0 bridgehead atoms. The van der Waals surface area contributed by atoms with Crippen LogP contribution in [0.1, 0.15) is 57.8 Å². The summed E-state index contributed by atoms with van der Waals surface area (Å²) in [5.41, 5.74) is 0.701.